The maximum absolute atomic E-state index is 5.42. The number of thiophene rings is 1. The molecular formula is C21H30IN5OS. The van der Waals surface area contributed by atoms with E-state index in [4.69, 9.17) is 9.41 Å². The first-order valence-corrected chi connectivity index (χ1v) is 10.5. The van der Waals surface area contributed by atoms with Crippen LogP contribution in [0.15, 0.2) is 45.3 Å². The second-order valence-corrected chi connectivity index (χ2v) is 8.06. The molecule has 0 aliphatic carbocycles. The number of nitrogens with zero attached hydrogens (tertiary/aromatic N) is 3. The number of aromatic nitrogens is 2. The minimum absolute atomic E-state index is 0. The smallest absolute Gasteiger partial charge is 0.191 e. The number of nitrogens with one attached hydrogen (secondary N) is 2. The second-order valence-electron chi connectivity index (χ2n) is 7.02. The van der Waals surface area contributed by atoms with Gasteiger partial charge in [-0.05, 0) is 56.3 Å². The number of aryl methyl sites for hydroxylation is 2. The van der Waals surface area contributed by atoms with Gasteiger partial charge in [-0.1, -0.05) is 6.07 Å². The molecule has 0 saturated heterocycles. The highest BCUT2D eigenvalue weighted by molar-refractivity contribution is 14.0. The highest BCUT2D eigenvalue weighted by Gasteiger charge is 2.14. The van der Waals surface area contributed by atoms with Crippen LogP contribution in [-0.2, 0) is 26.4 Å². The summed E-state index contributed by atoms with van der Waals surface area (Å²) in [7, 11) is 1.99. The van der Waals surface area contributed by atoms with Gasteiger partial charge in [0, 0.05) is 36.6 Å². The molecule has 0 aliphatic rings. The third-order valence-electron chi connectivity index (χ3n) is 4.77. The molecule has 2 N–H and O–H groups in total. The van der Waals surface area contributed by atoms with Crippen LogP contribution in [-0.4, -0.2) is 28.3 Å². The van der Waals surface area contributed by atoms with E-state index in [1.165, 1.54) is 16.1 Å². The highest BCUT2D eigenvalue weighted by atomic mass is 127. The fourth-order valence-corrected chi connectivity index (χ4v) is 3.80. The lowest BCUT2D eigenvalue weighted by molar-refractivity contribution is 0.506. The van der Waals surface area contributed by atoms with Gasteiger partial charge < -0.3 is 15.1 Å². The molecule has 0 aliphatic heterocycles. The van der Waals surface area contributed by atoms with Gasteiger partial charge in [-0.2, -0.15) is 5.10 Å². The zero-order valence-electron chi connectivity index (χ0n) is 17.4. The summed E-state index contributed by atoms with van der Waals surface area (Å²) in [6, 6.07) is 8.32. The normalized spacial score (nSPS) is 12.5. The first-order valence-electron chi connectivity index (χ1n) is 9.61. The standard InChI is InChI=1S/C21H29N5OS.HI/c1-15(13-20-16(2)25-26(4)17(20)3)24-21(23-14-19-8-6-12-28-19)22-10-9-18-7-5-11-27-18;/h5-8,11-12,15H,9-10,13-14H2,1-4H3,(H2,22,23,24);1H. The van der Waals surface area contributed by atoms with E-state index in [9.17, 15) is 0 Å². The van der Waals surface area contributed by atoms with Crippen molar-refractivity contribution >= 4 is 41.3 Å². The number of rotatable bonds is 8. The molecule has 0 amide bonds. The summed E-state index contributed by atoms with van der Waals surface area (Å²) in [5.41, 5.74) is 3.61. The van der Waals surface area contributed by atoms with E-state index in [-0.39, 0.29) is 30.0 Å². The minimum atomic E-state index is 0. The molecule has 0 bridgehead atoms. The van der Waals surface area contributed by atoms with Crippen molar-refractivity contribution in [3.63, 3.8) is 0 Å². The van der Waals surface area contributed by atoms with Crippen molar-refractivity contribution < 1.29 is 4.42 Å². The van der Waals surface area contributed by atoms with Gasteiger partial charge in [-0.3, -0.25) is 4.68 Å². The van der Waals surface area contributed by atoms with E-state index in [0.29, 0.717) is 6.54 Å². The number of halogens is 1. The summed E-state index contributed by atoms with van der Waals surface area (Å²) in [5.74, 6) is 1.80. The largest absolute Gasteiger partial charge is 0.469 e. The van der Waals surface area contributed by atoms with Crippen molar-refractivity contribution in [3.8, 4) is 0 Å². The van der Waals surface area contributed by atoms with Crippen molar-refractivity contribution in [2.24, 2.45) is 12.0 Å². The molecule has 3 rings (SSSR count). The molecule has 3 aromatic rings. The zero-order chi connectivity index (χ0) is 19.9. The maximum Gasteiger partial charge on any atom is 0.191 e. The Morgan fingerprint density at radius 1 is 1.31 bits per heavy atom. The summed E-state index contributed by atoms with van der Waals surface area (Å²) < 4.78 is 7.36. The molecule has 0 radical (unpaired) electrons. The van der Waals surface area contributed by atoms with Crippen molar-refractivity contribution in [2.45, 2.75) is 46.2 Å². The van der Waals surface area contributed by atoms with Gasteiger partial charge in [0.25, 0.3) is 0 Å². The number of furan rings is 1. The fourth-order valence-electron chi connectivity index (χ4n) is 3.17. The molecule has 1 unspecified atom stereocenters. The Kier molecular flexibility index (Phi) is 9.22. The topological polar surface area (TPSA) is 67.4 Å². The molecule has 3 aromatic heterocycles. The summed E-state index contributed by atoms with van der Waals surface area (Å²) in [6.45, 7) is 7.81. The van der Waals surface area contributed by atoms with Crippen LogP contribution in [0.2, 0.25) is 0 Å². The molecule has 1 atom stereocenters. The summed E-state index contributed by atoms with van der Waals surface area (Å²) in [4.78, 5) is 6.02. The van der Waals surface area contributed by atoms with Gasteiger partial charge in [0.15, 0.2) is 5.96 Å². The Balaban J connectivity index is 0.00000300. The van der Waals surface area contributed by atoms with Gasteiger partial charge in [0.05, 0.1) is 18.5 Å². The Morgan fingerprint density at radius 2 is 2.14 bits per heavy atom. The van der Waals surface area contributed by atoms with Gasteiger partial charge in [0.1, 0.15) is 5.76 Å². The SMILES string of the molecule is Cc1nn(C)c(C)c1CC(C)NC(=NCc1cccs1)NCCc1ccco1.I. The van der Waals surface area contributed by atoms with Crippen LogP contribution in [0.5, 0.6) is 0 Å². The maximum atomic E-state index is 5.42. The van der Waals surface area contributed by atoms with Crippen LogP contribution in [0.4, 0.5) is 0 Å². The highest BCUT2D eigenvalue weighted by Crippen LogP contribution is 2.14. The minimum Gasteiger partial charge on any atom is -0.469 e. The van der Waals surface area contributed by atoms with Gasteiger partial charge in [-0.15, -0.1) is 35.3 Å². The third-order valence-corrected chi connectivity index (χ3v) is 5.63. The predicted octanol–water partition coefficient (Wildman–Crippen LogP) is 4.22. The summed E-state index contributed by atoms with van der Waals surface area (Å²) in [5, 5.41) is 13.6. The molecule has 0 spiro atoms. The molecule has 158 valence electrons. The van der Waals surface area contributed by atoms with Crippen molar-refractivity contribution in [1.29, 1.82) is 0 Å². The van der Waals surface area contributed by atoms with E-state index in [1.54, 1.807) is 17.6 Å². The first-order chi connectivity index (χ1) is 13.5. The Hall–Kier alpha value is -1.81. The van der Waals surface area contributed by atoms with Gasteiger partial charge in [0.2, 0.25) is 0 Å². The number of guanidine groups is 1. The van der Waals surface area contributed by atoms with E-state index in [1.807, 2.05) is 23.9 Å². The Morgan fingerprint density at radius 3 is 2.76 bits per heavy atom. The van der Waals surface area contributed by atoms with E-state index in [0.717, 1.165) is 36.8 Å². The van der Waals surface area contributed by atoms with Crippen LogP contribution in [0.3, 0.4) is 0 Å². The fraction of sp³-hybridized carbons (Fsp3) is 0.429. The van der Waals surface area contributed by atoms with E-state index in [2.05, 4.69) is 54.0 Å². The molecule has 0 saturated carbocycles. The Labute approximate surface area is 193 Å². The van der Waals surface area contributed by atoms with Crippen molar-refractivity contribution in [3.05, 3.63) is 63.5 Å². The molecule has 0 fully saturated rings. The van der Waals surface area contributed by atoms with Crippen LogP contribution < -0.4 is 10.6 Å². The van der Waals surface area contributed by atoms with Gasteiger partial charge >= 0.3 is 0 Å². The van der Waals surface area contributed by atoms with E-state index < -0.39 is 0 Å². The van der Waals surface area contributed by atoms with Crippen LogP contribution in [0, 0.1) is 13.8 Å². The lowest BCUT2D eigenvalue weighted by atomic mass is 10.1. The van der Waals surface area contributed by atoms with Crippen LogP contribution >= 0.6 is 35.3 Å². The Bertz CT molecular complexity index is 887. The van der Waals surface area contributed by atoms with Crippen molar-refractivity contribution in [1.82, 2.24) is 20.4 Å². The summed E-state index contributed by atoms with van der Waals surface area (Å²) in [6.07, 6.45) is 3.44. The average Bonchev–Trinajstić information content (AvgIpc) is 3.40. The van der Waals surface area contributed by atoms with Crippen LogP contribution in [0.25, 0.3) is 0 Å². The molecule has 8 heteroatoms. The second kappa shape index (κ2) is 11.4. The quantitative estimate of drug-likeness (QED) is 0.262. The monoisotopic (exact) mass is 527 g/mol. The third kappa shape index (κ3) is 6.88. The number of aliphatic imine (C=N–C) groups is 1. The van der Waals surface area contributed by atoms with Crippen LogP contribution in [0.1, 0.15) is 34.5 Å². The molecule has 6 nitrogen and oxygen atoms in total. The predicted molar refractivity (Wildman–Crippen MR) is 130 cm³/mol. The molecule has 0 aromatic carbocycles. The van der Waals surface area contributed by atoms with Crippen molar-refractivity contribution in [2.75, 3.05) is 6.54 Å². The molecule has 3 heterocycles. The van der Waals surface area contributed by atoms with E-state index >= 15 is 0 Å². The van der Waals surface area contributed by atoms with Gasteiger partial charge in [-0.25, -0.2) is 4.99 Å². The average molecular weight is 527 g/mol. The molecule has 29 heavy (non-hydrogen) atoms. The lowest BCUT2D eigenvalue weighted by Crippen LogP contribution is -2.44. The molecular weight excluding hydrogens is 497 g/mol. The number of hydrogen-bond donors (Lipinski definition) is 2. The zero-order valence-corrected chi connectivity index (χ0v) is 20.6. The summed E-state index contributed by atoms with van der Waals surface area (Å²) >= 11 is 1.73. The lowest BCUT2D eigenvalue weighted by Gasteiger charge is -2.18. The first kappa shape index (κ1) is 23.5. The number of hydrogen-bond acceptors (Lipinski definition) is 4.